The Balaban J connectivity index is 1.91. The maximum absolute atomic E-state index is 13.1. The summed E-state index contributed by atoms with van der Waals surface area (Å²) in [4.78, 5) is 37.9. The normalized spacial score (nSPS) is 18.0. The number of aliphatic hydroxyl groups is 1. The molecule has 3 aromatic rings. The van der Waals surface area contributed by atoms with Gasteiger partial charge in [0, 0.05) is 29.2 Å². The fraction of sp³-hybridized carbons (Fsp3) is 0.208. The summed E-state index contributed by atoms with van der Waals surface area (Å²) in [6, 6.07) is 14.4. The van der Waals surface area contributed by atoms with Gasteiger partial charge in [0.15, 0.2) is 5.82 Å². The second kappa shape index (κ2) is 8.01. The lowest BCUT2D eigenvalue weighted by Crippen LogP contribution is -2.29. The van der Waals surface area contributed by atoms with E-state index in [1.54, 1.807) is 36.4 Å². The fourth-order valence-electron chi connectivity index (χ4n) is 3.65. The summed E-state index contributed by atoms with van der Waals surface area (Å²) in [5.74, 6) is -1.51. The summed E-state index contributed by atoms with van der Waals surface area (Å²) in [7, 11) is 0. The van der Waals surface area contributed by atoms with Crippen LogP contribution in [0, 0.1) is 10.1 Å². The first-order valence-corrected chi connectivity index (χ1v) is 10.2. The molecule has 1 aliphatic heterocycles. The minimum absolute atomic E-state index is 0.109. The number of carbonyl (C=O) groups is 2. The van der Waals surface area contributed by atoms with Crippen LogP contribution in [0.15, 0.2) is 70.8 Å². The summed E-state index contributed by atoms with van der Waals surface area (Å²) in [6.07, 6.45) is 0. The van der Waals surface area contributed by atoms with Gasteiger partial charge >= 0.3 is 5.91 Å². The lowest BCUT2D eigenvalue weighted by atomic mass is 9.93. The van der Waals surface area contributed by atoms with E-state index in [0.29, 0.717) is 16.9 Å². The Morgan fingerprint density at radius 3 is 2.27 bits per heavy atom. The number of nitro groups is 1. The first-order chi connectivity index (χ1) is 15.6. The van der Waals surface area contributed by atoms with E-state index >= 15 is 0 Å². The maximum atomic E-state index is 13.1. The number of Topliss-reactive ketones (excluding diaryl/α,β-unsaturated/α-hetero) is 1. The third-order valence-corrected chi connectivity index (χ3v) is 5.40. The predicted molar refractivity (Wildman–Crippen MR) is 120 cm³/mol. The molecule has 2 heterocycles. The van der Waals surface area contributed by atoms with E-state index in [9.17, 15) is 24.8 Å². The molecule has 0 spiro atoms. The predicted octanol–water partition coefficient (Wildman–Crippen LogP) is 4.51. The SMILES string of the molecule is CC(C)(C)c1cc(N2C(=O)C(=O)C(=C(O)c3ccccc3)C2c2ccc([N+](=O)[O-])cc2)no1. The van der Waals surface area contributed by atoms with E-state index in [4.69, 9.17) is 4.52 Å². The number of aliphatic hydroxyl groups excluding tert-OH is 1. The summed E-state index contributed by atoms with van der Waals surface area (Å²) < 4.78 is 5.42. The Hall–Kier alpha value is -4.27. The van der Waals surface area contributed by atoms with Gasteiger partial charge in [0.2, 0.25) is 0 Å². The molecule has 1 unspecified atom stereocenters. The van der Waals surface area contributed by atoms with Crippen molar-refractivity contribution in [1.29, 1.82) is 0 Å². The Morgan fingerprint density at radius 2 is 1.73 bits per heavy atom. The highest BCUT2D eigenvalue weighted by molar-refractivity contribution is 6.51. The highest BCUT2D eigenvalue weighted by Crippen LogP contribution is 2.42. The van der Waals surface area contributed by atoms with Gasteiger partial charge in [0.05, 0.1) is 16.5 Å². The average Bonchev–Trinajstić information content (AvgIpc) is 3.37. The zero-order chi connectivity index (χ0) is 23.9. The van der Waals surface area contributed by atoms with Crippen molar-refractivity contribution in [3.05, 3.63) is 93.2 Å². The van der Waals surface area contributed by atoms with Crippen LogP contribution in [-0.4, -0.2) is 26.9 Å². The van der Waals surface area contributed by atoms with Gasteiger partial charge in [-0.15, -0.1) is 0 Å². The molecule has 0 radical (unpaired) electrons. The van der Waals surface area contributed by atoms with E-state index in [-0.39, 0.29) is 22.8 Å². The van der Waals surface area contributed by atoms with Gasteiger partial charge < -0.3 is 9.63 Å². The molecule has 1 saturated heterocycles. The first kappa shape index (κ1) is 21.9. The van der Waals surface area contributed by atoms with E-state index in [1.165, 1.54) is 24.3 Å². The van der Waals surface area contributed by atoms with Crippen molar-refractivity contribution in [3.8, 4) is 0 Å². The quantitative estimate of drug-likeness (QED) is 0.205. The summed E-state index contributed by atoms with van der Waals surface area (Å²) in [6.45, 7) is 5.73. The van der Waals surface area contributed by atoms with Gasteiger partial charge in [0.25, 0.3) is 11.5 Å². The van der Waals surface area contributed by atoms with E-state index in [1.807, 2.05) is 20.8 Å². The third kappa shape index (κ3) is 3.89. The lowest BCUT2D eigenvalue weighted by Gasteiger charge is -2.22. The lowest BCUT2D eigenvalue weighted by molar-refractivity contribution is -0.384. The number of non-ortho nitro benzene ring substituents is 1. The first-order valence-electron chi connectivity index (χ1n) is 10.2. The summed E-state index contributed by atoms with van der Waals surface area (Å²) in [5.41, 5.74) is 0.0808. The molecule has 2 aromatic carbocycles. The standard InChI is InChI=1S/C24H21N3O6/c1-24(2,3)17-13-18(25-33-17)26-20(14-9-11-16(12-10-14)27(31)32)19(22(29)23(26)30)21(28)15-7-5-4-6-8-15/h4-13,20,28H,1-3H3. The average molecular weight is 447 g/mol. The van der Waals surface area contributed by atoms with Gasteiger partial charge in [0.1, 0.15) is 11.5 Å². The molecular weight excluding hydrogens is 426 g/mol. The topological polar surface area (TPSA) is 127 Å². The number of ketones is 1. The van der Waals surface area contributed by atoms with Crippen LogP contribution >= 0.6 is 0 Å². The second-order valence-electron chi connectivity index (χ2n) is 8.68. The molecule has 0 bridgehead atoms. The highest BCUT2D eigenvalue weighted by Gasteiger charge is 2.48. The van der Waals surface area contributed by atoms with Gasteiger partial charge in [-0.3, -0.25) is 24.6 Å². The summed E-state index contributed by atoms with van der Waals surface area (Å²) in [5, 5.41) is 26.1. The molecule has 33 heavy (non-hydrogen) atoms. The van der Waals surface area contributed by atoms with Crippen molar-refractivity contribution in [3.63, 3.8) is 0 Å². The van der Waals surface area contributed by atoms with Crippen molar-refractivity contribution in [2.75, 3.05) is 4.90 Å². The van der Waals surface area contributed by atoms with E-state index in [0.717, 1.165) is 4.90 Å². The van der Waals surface area contributed by atoms with Crippen LogP contribution in [-0.2, 0) is 15.0 Å². The molecule has 0 saturated carbocycles. The molecule has 0 aliphatic carbocycles. The molecule has 4 rings (SSSR count). The van der Waals surface area contributed by atoms with Crippen molar-refractivity contribution in [2.24, 2.45) is 0 Å². The number of anilines is 1. The van der Waals surface area contributed by atoms with Crippen LogP contribution < -0.4 is 4.90 Å². The zero-order valence-corrected chi connectivity index (χ0v) is 18.2. The molecule has 1 aliphatic rings. The Kier molecular flexibility index (Phi) is 5.33. The van der Waals surface area contributed by atoms with Crippen molar-refractivity contribution < 1.29 is 24.1 Å². The number of amides is 1. The van der Waals surface area contributed by atoms with Gasteiger partial charge in [-0.1, -0.05) is 56.3 Å². The Labute approximate surface area is 189 Å². The number of hydrogen-bond acceptors (Lipinski definition) is 7. The van der Waals surface area contributed by atoms with Crippen LogP contribution in [0.4, 0.5) is 11.5 Å². The molecule has 168 valence electrons. The molecule has 1 aromatic heterocycles. The molecule has 1 fully saturated rings. The van der Waals surface area contributed by atoms with Crippen LogP contribution in [0.25, 0.3) is 5.76 Å². The van der Waals surface area contributed by atoms with E-state index in [2.05, 4.69) is 5.16 Å². The monoisotopic (exact) mass is 447 g/mol. The summed E-state index contributed by atoms with van der Waals surface area (Å²) >= 11 is 0. The molecular formula is C24H21N3O6. The number of rotatable bonds is 4. The Bertz CT molecular complexity index is 1270. The Morgan fingerprint density at radius 1 is 1.09 bits per heavy atom. The fourth-order valence-corrected chi connectivity index (χ4v) is 3.65. The number of benzene rings is 2. The number of aromatic nitrogens is 1. The van der Waals surface area contributed by atoms with Crippen LogP contribution in [0.1, 0.15) is 43.7 Å². The largest absolute Gasteiger partial charge is 0.507 e. The van der Waals surface area contributed by atoms with Gasteiger partial charge in [-0.05, 0) is 17.7 Å². The van der Waals surface area contributed by atoms with Crippen LogP contribution in [0.3, 0.4) is 0 Å². The zero-order valence-electron chi connectivity index (χ0n) is 18.2. The molecule has 9 heteroatoms. The minimum Gasteiger partial charge on any atom is -0.507 e. The number of hydrogen-bond donors (Lipinski definition) is 1. The number of carbonyl (C=O) groups excluding carboxylic acids is 2. The molecule has 9 nitrogen and oxygen atoms in total. The van der Waals surface area contributed by atoms with Crippen molar-refractivity contribution in [2.45, 2.75) is 32.2 Å². The molecule has 1 N–H and O–H groups in total. The van der Waals surface area contributed by atoms with Crippen molar-refractivity contribution >= 4 is 29.0 Å². The van der Waals surface area contributed by atoms with Crippen molar-refractivity contribution in [1.82, 2.24) is 5.16 Å². The highest BCUT2D eigenvalue weighted by atomic mass is 16.6. The maximum Gasteiger partial charge on any atom is 0.301 e. The molecule has 1 atom stereocenters. The number of nitro benzene ring substituents is 1. The molecule has 1 amide bonds. The van der Waals surface area contributed by atoms with Gasteiger partial charge in [-0.2, -0.15) is 0 Å². The minimum atomic E-state index is -1.05. The number of nitrogens with zero attached hydrogens (tertiary/aromatic N) is 3. The second-order valence-corrected chi connectivity index (χ2v) is 8.68. The van der Waals surface area contributed by atoms with Crippen LogP contribution in [0.2, 0.25) is 0 Å². The van der Waals surface area contributed by atoms with E-state index < -0.39 is 28.1 Å². The third-order valence-electron chi connectivity index (χ3n) is 5.40. The van der Waals surface area contributed by atoms with Gasteiger partial charge in [-0.25, -0.2) is 0 Å². The smallest absolute Gasteiger partial charge is 0.301 e. The van der Waals surface area contributed by atoms with Crippen LogP contribution in [0.5, 0.6) is 0 Å².